The van der Waals surface area contributed by atoms with Crippen LogP contribution in [0.15, 0.2) is 24.3 Å². The molecule has 1 aliphatic carbocycles. The molecule has 0 aliphatic heterocycles. The fourth-order valence-corrected chi connectivity index (χ4v) is 2.49. The van der Waals surface area contributed by atoms with Gasteiger partial charge in [-0.15, -0.1) is 0 Å². The molecule has 1 fully saturated rings. The Morgan fingerprint density at radius 2 is 2.23 bits per heavy atom. The number of nitro benzene ring substituents is 1. The topological polar surface area (TPSA) is 104 Å². The van der Waals surface area contributed by atoms with Crippen LogP contribution in [0.2, 0.25) is 0 Å². The van der Waals surface area contributed by atoms with Crippen molar-refractivity contribution < 1.29 is 14.8 Å². The summed E-state index contributed by atoms with van der Waals surface area (Å²) in [5.74, 6) is 0. The summed E-state index contributed by atoms with van der Waals surface area (Å²) in [6, 6.07) is 5.55. The fraction of sp³-hybridized carbons (Fsp3) is 0.533. The molecule has 0 aromatic heterocycles. The van der Waals surface area contributed by atoms with E-state index in [0.717, 1.165) is 6.42 Å². The molecule has 0 radical (unpaired) electrons. The molecule has 1 aromatic rings. The lowest BCUT2D eigenvalue weighted by molar-refractivity contribution is -0.384. The second-order valence-corrected chi connectivity index (χ2v) is 5.72. The Morgan fingerprint density at radius 3 is 2.77 bits per heavy atom. The molecule has 22 heavy (non-hydrogen) atoms. The van der Waals surface area contributed by atoms with Crippen molar-refractivity contribution in [1.29, 1.82) is 0 Å². The number of nitrogens with one attached hydrogen (secondary N) is 2. The number of carbonyl (C=O) groups is 1. The molecule has 0 bridgehead atoms. The zero-order chi connectivity index (χ0) is 16.2. The third kappa shape index (κ3) is 3.94. The first kappa shape index (κ1) is 16.2. The zero-order valence-electron chi connectivity index (χ0n) is 12.5. The molecule has 3 N–H and O–H groups in total. The number of non-ortho nitro benzene ring substituents is 1. The molecule has 1 aliphatic rings. The molecular weight excluding hydrogens is 286 g/mol. The molecule has 1 unspecified atom stereocenters. The van der Waals surface area contributed by atoms with Gasteiger partial charge in [0.2, 0.25) is 0 Å². The smallest absolute Gasteiger partial charge is 0.315 e. The normalized spacial score (nSPS) is 17.2. The lowest BCUT2D eigenvalue weighted by atomic mass is 9.80. The number of urea groups is 1. The van der Waals surface area contributed by atoms with E-state index in [1.165, 1.54) is 12.1 Å². The Morgan fingerprint density at radius 1 is 1.50 bits per heavy atom. The van der Waals surface area contributed by atoms with Crippen LogP contribution in [-0.2, 0) is 0 Å². The fourth-order valence-electron chi connectivity index (χ4n) is 2.49. The van der Waals surface area contributed by atoms with Crippen molar-refractivity contribution in [2.45, 2.75) is 44.2 Å². The maximum absolute atomic E-state index is 11.9. The Balaban J connectivity index is 1.94. The summed E-state index contributed by atoms with van der Waals surface area (Å²) < 4.78 is 0. The minimum absolute atomic E-state index is 0.00179. The van der Waals surface area contributed by atoms with E-state index in [1.54, 1.807) is 12.1 Å². The molecule has 1 atom stereocenters. The van der Waals surface area contributed by atoms with Gasteiger partial charge in [0.25, 0.3) is 5.69 Å². The molecule has 120 valence electrons. The molecule has 0 spiro atoms. The predicted octanol–water partition coefficient (Wildman–Crippen LogP) is 2.26. The number of hydrogen-bond donors (Lipinski definition) is 3. The van der Waals surface area contributed by atoms with E-state index in [1.807, 2.05) is 6.92 Å². The minimum Gasteiger partial charge on any atom is -0.388 e. The van der Waals surface area contributed by atoms with Crippen molar-refractivity contribution in [3.63, 3.8) is 0 Å². The second kappa shape index (κ2) is 6.74. The summed E-state index contributed by atoms with van der Waals surface area (Å²) in [7, 11) is 0. The average Bonchev–Trinajstić information content (AvgIpc) is 2.48. The number of aliphatic hydroxyl groups is 1. The van der Waals surface area contributed by atoms with Crippen LogP contribution in [0.3, 0.4) is 0 Å². The van der Waals surface area contributed by atoms with Gasteiger partial charge in [-0.25, -0.2) is 4.79 Å². The number of amides is 2. The average molecular weight is 307 g/mol. The molecular formula is C15H21N3O4. The minimum atomic E-state index is -0.773. The van der Waals surface area contributed by atoms with Crippen LogP contribution in [0.1, 0.15) is 44.2 Å². The van der Waals surface area contributed by atoms with Gasteiger partial charge < -0.3 is 15.7 Å². The summed E-state index contributed by atoms with van der Waals surface area (Å²) in [5.41, 5.74) is -0.0824. The lowest BCUT2D eigenvalue weighted by Gasteiger charge is -2.36. The van der Waals surface area contributed by atoms with Gasteiger partial charge in [0.15, 0.2) is 0 Å². The van der Waals surface area contributed by atoms with Gasteiger partial charge in [-0.3, -0.25) is 10.1 Å². The van der Waals surface area contributed by atoms with E-state index in [9.17, 15) is 20.0 Å². The van der Waals surface area contributed by atoms with Gasteiger partial charge in [-0.2, -0.15) is 0 Å². The van der Waals surface area contributed by atoms with Crippen LogP contribution >= 0.6 is 0 Å². The third-order valence-electron chi connectivity index (χ3n) is 4.06. The van der Waals surface area contributed by atoms with Crippen LogP contribution in [-0.4, -0.2) is 28.2 Å². The van der Waals surface area contributed by atoms with E-state index in [0.29, 0.717) is 24.8 Å². The first-order valence-corrected chi connectivity index (χ1v) is 7.44. The number of carbonyl (C=O) groups excluding carboxylic acids is 1. The largest absolute Gasteiger partial charge is 0.388 e. The Hall–Kier alpha value is -2.15. The van der Waals surface area contributed by atoms with E-state index in [-0.39, 0.29) is 24.3 Å². The maximum Gasteiger partial charge on any atom is 0.315 e. The molecule has 1 aromatic carbocycles. The number of rotatable bonds is 6. The molecule has 2 rings (SSSR count). The summed E-state index contributed by atoms with van der Waals surface area (Å²) in [6.45, 7) is 2.12. The molecule has 2 amide bonds. The SMILES string of the molecule is CCC(NC(=O)NCC1(O)CCC1)c1cccc([N+](=O)[O-])c1. The van der Waals surface area contributed by atoms with Crippen molar-refractivity contribution in [2.75, 3.05) is 6.54 Å². The number of hydrogen-bond acceptors (Lipinski definition) is 4. The van der Waals surface area contributed by atoms with Crippen molar-refractivity contribution >= 4 is 11.7 Å². The second-order valence-electron chi connectivity index (χ2n) is 5.72. The maximum atomic E-state index is 11.9. The van der Waals surface area contributed by atoms with E-state index < -0.39 is 10.5 Å². The Labute approximate surface area is 128 Å². The summed E-state index contributed by atoms with van der Waals surface area (Å²) in [4.78, 5) is 22.3. The molecule has 7 nitrogen and oxygen atoms in total. The summed E-state index contributed by atoms with van der Waals surface area (Å²) >= 11 is 0. The van der Waals surface area contributed by atoms with Gasteiger partial charge in [0.05, 0.1) is 16.6 Å². The number of nitro groups is 1. The molecule has 1 saturated carbocycles. The van der Waals surface area contributed by atoms with Crippen LogP contribution in [0.5, 0.6) is 0 Å². The van der Waals surface area contributed by atoms with E-state index in [2.05, 4.69) is 10.6 Å². The first-order chi connectivity index (χ1) is 10.4. The Bertz CT molecular complexity index is 557. The lowest BCUT2D eigenvalue weighted by Crippen LogP contribution is -2.50. The van der Waals surface area contributed by atoms with Crippen LogP contribution in [0.4, 0.5) is 10.5 Å². The third-order valence-corrected chi connectivity index (χ3v) is 4.06. The van der Waals surface area contributed by atoms with Crippen LogP contribution < -0.4 is 10.6 Å². The van der Waals surface area contributed by atoms with Gasteiger partial charge in [0, 0.05) is 18.7 Å². The quantitative estimate of drug-likeness (QED) is 0.554. The Kier molecular flexibility index (Phi) is 4.97. The highest BCUT2D eigenvalue weighted by Gasteiger charge is 2.34. The van der Waals surface area contributed by atoms with Gasteiger partial charge in [-0.1, -0.05) is 19.1 Å². The summed E-state index contributed by atoms with van der Waals surface area (Å²) in [5, 5.41) is 26.2. The summed E-state index contributed by atoms with van der Waals surface area (Å²) in [6.07, 6.45) is 2.99. The number of benzene rings is 1. The number of nitrogens with zero attached hydrogens (tertiary/aromatic N) is 1. The zero-order valence-corrected chi connectivity index (χ0v) is 12.5. The van der Waals surface area contributed by atoms with Gasteiger partial charge >= 0.3 is 6.03 Å². The first-order valence-electron chi connectivity index (χ1n) is 7.44. The van der Waals surface area contributed by atoms with E-state index in [4.69, 9.17) is 0 Å². The standard InChI is InChI=1S/C15H21N3O4/c1-2-13(11-5-3-6-12(9-11)18(21)22)17-14(19)16-10-15(20)7-4-8-15/h3,5-6,9,13,20H,2,4,7-8,10H2,1H3,(H2,16,17,19). The molecule has 7 heteroatoms. The highest BCUT2D eigenvalue weighted by molar-refractivity contribution is 5.74. The highest BCUT2D eigenvalue weighted by atomic mass is 16.6. The molecule has 0 heterocycles. The van der Waals surface area contributed by atoms with E-state index >= 15 is 0 Å². The van der Waals surface area contributed by atoms with Crippen molar-refractivity contribution in [2.24, 2.45) is 0 Å². The molecule has 0 saturated heterocycles. The van der Waals surface area contributed by atoms with Crippen molar-refractivity contribution in [1.82, 2.24) is 10.6 Å². The van der Waals surface area contributed by atoms with Gasteiger partial charge in [-0.05, 0) is 31.2 Å². The van der Waals surface area contributed by atoms with Crippen LogP contribution in [0.25, 0.3) is 0 Å². The monoisotopic (exact) mass is 307 g/mol. The van der Waals surface area contributed by atoms with Gasteiger partial charge in [0.1, 0.15) is 0 Å². The predicted molar refractivity (Wildman–Crippen MR) is 81.5 cm³/mol. The van der Waals surface area contributed by atoms with Crippen molar-refractivity contribution in [3.05, 3.63) is 39.9 Å². The van der Waals surface area contributed by atoms with Crippen LogP contribution in [0, 0.1) is 10.1 Å². The highest BCUT2D eigenvalue weighted by Crippen LogP contribution is 2.30. The van der Waals surface area contributed by atoms with Crippen molar-refractivity contribution in [3.8, 4) is 0 Å².